The van der Waals surface area contributed by atoms with Gasteiger partial charge in [0.25, 0.3) is 0 Å². The van der Waals surface area contributed by atoms with E-state index in [1.54, 1.807) is 0 Å². The second-order valence-corrected chi connectivity index (χ2v) is 5.60. The Morgan fingerprint density at radius 3 is 2.07 bits per heavy atom. The Kier molecular flexibility index (Phi) is 3.98. The van der Waals surface area contributed by atoms with Crippen LogP contribution in [0.5, 0.6) is 0 Å². The molecule has 1 aromatic carbocycles. The van der Waals surface area contributed by atoms with Crippen molar-refractivity contribution in [1.82, 2.24) is 0 Å². The highest BCUT2D eigenvalue weighted by atomic mass is 35.5. The lowest BCUT2D eigenvalue weighted by atomic mass is 9.87. The van der Waals surface area contributed by atoms with Gasteiger partial charge in [-0.05, 0) is 23.5 Å². The summed E-state index contributed by atoms with van der Waals surface area (Å²) in [7, 11) is 0. The highest BCUT2D eigenvalue weighted by molar-refractivity contribution is 6.21. The summed E-state index contributed by atoms with van der Waals surface area (Å²) in [6.07, 6.45) is 4.05. The first-order valence-electron chi connectivity index (χ1n) is 5.32. The highest BCUT2D eigenvalue weighted by Gasteiger charge is 2.12. The Hall–Kier alpha value is -0.750. The molecule has 82 valence electrons. The number of alkyl halides is 1. The molecule has 1 rings (SSSR count). The molecule has 0 nitrogen and oxygen atoms in total. The second-order valence-electron chi connectivity index (χ2n) is 4.91. The fraction of sp³-hybridized carbons (Fsp3) is 0.429. The topological polar surface area (TPSA) is 0 Å². The number of allylic oxidation sites excluding steroid dienone is 1. The van der Waals surface area contributed by atoms with Gasteiger partial charge >= 0.3 is 0 Å². The average Bonchev–Trinajstić information content (AvgIpc) is 2.14. The van der Waals surface area contributed by atoms with E-state index in [2.05, 4.69) is 51.1 Å². The van der Waals surface area contributed by atoms with Gasteiger partial charge in [-0.3, -0.25) is 0 Å². The smallest absolute Gasteiger partial charge is 0.0491 e. The number of halogens is 1. The molecule has 1 heteroatoms. The summed E-state index contributed by atoms with van der Waals surface area (Å²) in [6.45, 7) is 8.62. The van der Waals surface area contributed by atoms with Gasteiger partial charge in [-0.25, -0.2) is 0 Å². The van der Waals surface area contributed by atoms with Gasteiger partial charge in [-0.15, -0.1) is 11.6 Å². The molecule has 0 fully saturated rings. The zero-order chi connectivity index (χ0) is 11.5. The van der Waals surface area contributed by atoms with Crippen molar-refractivity contribution in [3.63, 3.8) is 0 Å². The monoisotopic (exact) mass is 222 g/mol. The van der Waals surface area contributed by atoms with Gasteiger partial charge < -0.3 is 0 Å². The molecule has 0 saturated carbocycles. The van der Waals surface area contributed by atoms with Gasteiger partial charge in [0.1, 0.15) is 0 Å². The molecule has 0 amide bonds. The van der Waals surface area contributed by atoms with E-state index >= 15 is 0 Å². The summed E-state index contributed by atoms with van der Waals surface area (Å²) < 4.78 is 0. The summed E-state index contributed by atoms with van der Waals surface area (Å²) in [5, 5.41) is 0.0901. The molecule has 0 N–H and O–H groups in total. The fourth-order valence-corrected chi connectivity index (χ4v) is 1.41. The van der Waals surface area contributed by atoms with Crippen LogP contribution in [0.25, 0.3) is 6.08 Å². The van der Waals surface area contributed by atoms with Gasteiger partial charge in [-0.2, -0.15) is 0 Å². The molecule has 0 heterocycles. The molecule has 1 unspecified atom stereocenters. The van der Waals surface area contributed by atoms with E-state index in [1.165, 1.54) is 11.1 Å². The molecule has 0 bridgehead atoms. The predicted molar refractivity (Wildman–Crippen MR) is 69.5 cm³/mol. The van der Waals surface area contributed by atoms with Gasteiger partial charge in [0.2, 0.25) is 0 Å². The van der Waals surface area contributed by atoms with Crippen LogP contribution in [0.15, 0.2) is 30.3 Å². The average molecular weight is 223 g/mol. The Balaban J connectivity index is 2.82. The molecule has 0 saturated heterocycles. The summed E-state index contributed by atoms with van der Waals surface area (Å²) in [4.78, 5) is 0. The third-order valence-corrected chi connectivity index (χ3v) is 2.48. The molecule has 0 spiro atoms. The van der Waals surface area contributed by atoms with E-state index in [-0.39, 0.29) is 10.8 Å². The fourth-order valence-electron chi connectivity index (χ4n) is 1.34. The van der Waals surface area contributed by atoms with Gasteiger partial charge in [0, 0.05) is 5.38 Å². The van der Waals surface area contributed by atoms with E-state index in [4.69, 9.17) is 11.6 Å². The first-order valence-corrected chi connectivity index (χ1v) is 5.76. The standard InChI is InChI=1S/C14H19Cl/c1-11(15)5-6-12-7-9-13(10-8-12)14(2,3)4/h5-11H,1-4H3/b6-5+. The lowest BCUT2D eigenvalue weighted by Gasteiger charge is -2.18. The molecule has 0 aliphatic rings. The predicted octanol–water partition coefficient (Wildman–Crippen LogP) is 4.62. The van der Waals surface area contributed by atoms with Gasteiger partial charge in [0.15, 0.2) is 0 Å². The lowest BCUT2D eigenvalue weighted by Crippen LogP contribution is -2.10. The normalized spacial score (nSPS) is 14.5. The SMILES string of the molecule is CC(Cl)/C=C/c1ccc(C(C)(C)C)cc1. The van der Waals surface area contributed by atoms with Gasteiger partial charge in [0.05, 0.1) is 0 Å². The number of hydrogen-bond donors (Lipinski definition) is 0. The van der Waals surface area contributed by atoms with Crippen molar-refractivity contribution in [3.8, 4) is 0 Å². The molecule has 1 aromatic rings. The number of benzene rings is 1. The lowest BCUT2D eigenvalue weighted by molar-refractivity contribution is 0.590. The molecule has 15 heavy (non-hydrogen) atoms. The van der Waals surface area contributed by atoms with Crippen molar-refractivity contribution in [2.75, 3.05) is 0 Å². The summed E-state index contributed by atoms with van der Waals surface area (Å²) in [5.74, 6) is 0. The second kappa shape index (κ2) is 4.85. The highest BCUT2D eigenvalue weighted by Crippen LogP contribution is 2.22. The molecular weight excluding hydrogens is 204 g/mol. The molecule has 0 aliphatic heterocycles. The molecular formula is C14H19Cl. The minimum Gasteiger partial charge on any atom is -0.119 e. The molecule has 1 atom stereocenters. The molecule has 0 aliphatic carbocycles. The first-order chi connectivity index (χ1) is 6.89. The Bertz CT molecular complexity index is 325. The third-order valence-electron chi connectivity index (χ3n) is 2.33. The maximum Gasteiger partial charge on any atom is 0.0491 e. The van der Waals surface area contributed by atoms with Crippen LogP contribution in [-0.4, -0.2) is 5.38 Å². The summed E-state index contributed by atoms with van der Waals surface area (Å²) in [5.41, 5.74) is 2.79. The summed E-state index contributed by atoms with van der Waals surface area (Å²) in [6, 6.07) is 8.63. The van der Waals surface area contributed by atoms with Crippen LogP contribution in [0, 0.1) is 0 Å². The van der Waals surface area contributed by atoms with Crippen LogP contribution < -0.4 is 0 Å². The quantitative estimate of drug-likeness (QED) is 0.641. The minimum atomic E-state index is 0.0901. The third kappa shape index (κ3) is 4.09. The maximum absolute atomic E-state index is 5.84. The van der Waals surface area contributed by atoms with Crippen LogP contribution in [0.2, 0.25) is 0 Å². The van der Waals surface area contributed by atoms with Crippen molar-refractivity contribution in [1.29, 1.82) is 0 Å². The Morgan fingerprint density at radius 2 is 1.67 bits per heavy atom. The van der Waals surface area contributed by atoms with E-state index < -0.39 is 0 Å². The van der Waals surface area contributed by atoms with Crippen molar-refractivity contribution in [2.24, 2.45) is 0 Å². The van der Waals surface area contributed by atoms with Crippen LogP contribution in [-0.2, 0) is 5.41 Å². The Labute approximate surface area is 98.0 Å². The largest absolute Gasteiger partial charge is 0.119 e. The van der Waals surface area contributed by atoms with E-state index in [9.17, 15) is 0 Å². The minimum absolute atomic E-state index is 0.0901. The van der Waals surface area contributed by atoms with Crippen LogP contribution in [0.3, 0.4) is 0 Å². The van der Waals surface area contributed by atoms with E-state index in [0.717, 1.165) is 0 Å². The zero-order valence-electron chi connectivity index (χ0n) is 9.92. The van der Waals surface area contributed by atoms with Crippen LogP contribution >= 0.6 is 11.6 Å². The molecule has 0 aromatic heterocycles. The maximum atomic E-state index is 5.84. The number of rotatable bonds is 2. The van der Waals surface area contributed by atoms with Crippen LogP contribution in [0.1, 0.15) is 38.8 Å². The summed E-state index contributed by atoms with van der Waals surface area (Å²) >= 11 is 5.84. The van der Waals surface area contributed by atoms with E-state index in [1.807, 2.05) is 13.0 Å². The van der Waals surface area contributed by atoms with Crippen molar-refractivity contribution < 1.29 is 0 Å². The zero-order valence-corrected chi connectivity index (χ0v) is 10.7. The van der Waals surface area contributed by atoms with E-state index in [0.29, 0.717) is 0 Å². The van der Waals surface area contributed by atoms with Gasteiger partial charge in [-0.1, -0.05) is 57.2 Å². The van der Waals surface area contributed by atoms with Crippen molar-refractivity contribution in [2.45, 2.75) is 38.5 Å². The van der Waals surface area contributed by atoms with Crippen molar-refractivity contribution in [3.05, 3.63) is 41.5 Å². The molecule has 0 radical (unpaired) electrons. The first kappa shape index (κ1) is 12.3. The van der Waals surface area contributed by atoms with Crippen LogP contribution in [0.4, 0.5) is 0 Å². The number of hydrogen-bond acceptors (Lipinski definition) is 0. The Morgan fingerprint density at radius 1 is 1.13 bits per heavy atom. The van der Waals surface area contributed by atoms with Crippen molar-refractivity contribution >= 4 is 17.7 Å².